The van der Waals surface area contributed by atoms with Gasteiger partial charge in [-0.2, -0.15) is 127 Å². The molecule has 0 aromatic heterocycles. The molecule has 0 amide bonds. The number of rotatable bonds is 18. The predicted octanol–water partition coefficient (Wildman–Crippen LogP) is 10.1. The molecular formula is C19H13F29O3Si-. The summed E-state index contributed by atoms with van der Waals surface area (Å²) in [5.74, 6) is -121. The van der Waals surface area contributed by atoms with E-state index in [2.05, 4.69) is 13.3 Å². The third kappa shape index (κ3) is 6.20. The fourth-order valence-corrected chi connectivity index (χ4v) is 5.14. The molecule has 0 aromatic rings. The highest BCUT2D eigenvalue weighted by Crippen LogP contribution is 2.69. The molecule has 0 aliphatic rings. The van der Waals surface area contributed by atoms with Gasteiger partial charge in [-0.1, -0.05) is 6.04 Å². The molecular weight excluding hydrogens is 855 g/mol. The van der Waals surface area contributed by atoms with Crippen molar-refractivity contribution < 1.29 is 141 Å². The summed E-state index contributed by atoms with van der Waals surface area (Å²) < 4.78 is 407. The van der Waals surface area contributed by atoms with Gasteiger partial charge in [-0.3, -0.25) is 0 Å². The van der Waals surface area contributed by atoms with Crippen molar-refractivity contribution in [3.8, 4) is 0 Å². The van der Waals surface area contributed by atoms with Gasteiger partial charge in [0.2, 0.25) is 0 Å². The Morgan fingerprint density at radius 3 is 0.635 bits per heavy atom. The summed E-state index contributed by atoms with van der Waals surface area (Å²) in [6, 6.07) is -1.94. The van der Waals surface area contributed by atoms with Crippen LogP contribution in [-0.4, -0.2) is 113 Å². The zero-order chi connectivity index (χ0) is 43.0. The molecule has 0 radical (unpaired) electrons. The van der Waals surface area contributed by atoms with Gasteiger partial charge in [0.05, 0.1) is 0 Å². The van der Waals surface area contributed by atoms with Gasteiger partial charge in [0.1, 0.15) is 0 Å². The maximum absolute atomic E-state index is 14.1. The molecule has 0 spiro atoms. The Kier molecular flexibility index (Phi) is 12.6. The lowest BCUT2D eigenvalue weighted by Gasteiger charge is -2.46. The van der Waals surface area contributed by atoms with Gasteiger partial charge < -0.3 is 13.3 Å². The van der Waals surface area contributed by atoms with Crippen LogP contribution < -0.4 is 0 Å². The molecule has 0 unspecified atom stereocenters. The van der Waals surface area contributed by atoms with Gasteiger partial charge in [0.25, 0.3) is 8.80 Å². The Morgan fingerprint density at radius 1 is 0.288 bits per heavy atom. The Hall–Kier alpha value is -1.93. The lowest BCUT2D eigenvalue weighted by atomic mass is 9.83. The van der Waals surface area contributed by atoms with Crippen LogP contribution in [0.15, 0.2) is 0 Å². The van der Waals surface area contributed by atoms with E-state index in [-0.39, 0.29) is 0 Å². The molecule has 0 atom stereocenters. The fourth-order valence-electron chi connectivity index (χ4n) is 3.40. The van der Waals surface area contributed by atoms with Crippen molar-refractivity contribution >= 4 is 8.80 Å². The maximum atomic E-state index is 14.1. The molecule has 0 N–H and O–H groups in total. The summed E-state index contributed by atoms with van der Waals surface area (Å²) in [5.41, 5.74) is 0. The molecule has 0 saturated heterocycles. The lowest BCUT2D eigenvalue weighted by molar-refractivity contribution is -0.487. The first-order chi connectivity index (χ1) is 22.1. The summed E-state index contributed by atoms with van der Waals surface area (Å²) in [5, 5.41) is 0. The number of hydrogen-bond donors (Lipinski definition) is 0. The van der Waals surface area contributed by atoms with E-state index in [9.17, 15) is 127 Å². The molecule has 0 aliphatic carbocycles. The summed E-state index contributed by atoms with van der Waals surface area (Å²) in [4.78, 5) is 0. The van der Waals surface area contributed by atoms with E-state index < -0.39 is 104 Å². The zero-order valence-electron chi connectivity index (χ0n) is 24.1. The molecule has 0 bridgehead atoms. The normalized spacial score (nSPS) is 16.8. The van der Waals surface area contributed by atoms with Gasteiger partial charge in [0, 0.05) is 0 Å². The van der Waals surface area contributed by atoms with E-state index >= 15 is 0 Å². The van der Waals surface area contributed by atoms with Gasteiger partial charge in [-0.25, -0.2) is 0 Å². The van der Waals surface area contributed by atoms with Crippen LogP contribution in [0.4, 0.5) is 127 Å². The lowest BCUT2D eigenvalue weighted by Crippen LogP contribution is -2.79. The highest BCUT2D eigenvalue weighted by Gasteiger charge is 3.00. The molecule has 315 valence electrons. The maximum Gasteiger partial charge on any atom is 0.460 e. The molecule has 33 heteroatoms. The fraction of sp³-hybridized carbons (Fsp3) is 1.00. The smallest absolute Gasteiger partial charge is 0.460 e. The first-order valence-electron chi connectivity index (χ1n) is 11.8. The molecule has 0 heterocycles. The minimum atomic E-state index is -9.95. The van der Waals surface area contributed by atoms with Crippen LogP contribution in [-0.2, 0) is 13.3 Å². The zero-order valence-corrected chi connectivity index (χ0v) is 25.1. The predicted molar refractivity (Wildman–Crippen MR) is 107 cm³/mol. The molecule has 0 aromatic carbocycles. The van der Waals surface area contributed by atoms with Gasteiger partial charge in [-0.05, 0) is 27.8 Å². The van der Waals surface area contributed by atoms with Gasteiger partial charge in [-0.15, -0.1) is 0 Å². The van der Waals surface area contributed by atoms with Crippen molar-refractivity contribution in [3.63, 3.8) is 0 Å². The van der Waals surface area contributed by atoms with E-state index in [0.29, 0.717) is 21.3 Å². The Balaban J connectivity index is 7.46. The van der Waals surface area contributed by atoms with Crippen molar-refractivity contribution in [2.45, 2.75) is 95.6 Å². The molecule has 0 saturated carbocycles. The summed E-state index contributed by atoms with van der Waals surface area (Å²) in [6.45, 7) is 0. The minimum Gasteiger partial charge on any atom is -0.527 e. The molecule has 0 rings (SSSR count). The number of alkyl halides is 29. The average Bonchev–Trinajstić information content (AvgIpc) is 2.96. The topological polar surface area (TPSA) is 27.7 Å². The van der Waals surface area contributed by atoms with Crippen molar-refractivity contribution in [2.75, 3.05) is 21.3 Å². The van der Waals surface area contributed by atoms with Crippen molar-refractivity contribution in [3.05, 3.63) is 0 Å². The van der Waals surface area contributed by atoms with Crippen LogP contribution in [0.2, 0.25) is 6.04 Å². The second kappa shape index (κ2) is 13.1. The Labute approximate surface area is 267 Å². The van der Waals surface area contributed by atoms with Crippen LogP contribution in [0.5, 0.6) is 0 Å². The highest BCUT2D eigenvalue weighted by atomic mass is 28.4. The van der Waals surface area contributed by atoms with Crippen molar-refractivity contribution in [2.24, 2.45) is 0 Å². The molecule has 52 heavy (non-hydrogen) atoms. The average molecular weight is 868 g/mol. The summed E-state index contributed by atoms with van der Waals surface area (Å²) in [6.07, 6.45) is -11.4. The summed E-state index contributed by atoms with van der Waals surface area (Å²) in [7, 11) is -3.35. The monoisotopic (exact) mass is 868 g/mol. The molecule has 0 aliphatic heterocycles. The minimum absolute atomic E-state index is 0.459. The first kappa shape index (κ1) is 50.1. The summed E-state index contributed by atoms with van der Waals surface area (Å²) >= 11 is 0. The second-order valence-corrected chi connectivity index (χ2v) is 13.0. The van der Waals surface area contributed by atoms with E-state index in [4.69, 9.17) is 0 Å². The third-order valence-electron chi connectivity index (χ3n) is 6.83. The molecule has 3 nitrogen and oxygen atoms in total. The standard InChI is InChI=1S/C19H13F29O3Si/c1-49-52(50-2,51-3)5-4-6(20,21)7(22,23)8(24,25)9(26,27)10(28,29)11(30,31)12(32,33)13(34,35)14(36,37)15(38,39)16(40,41)17(42,43)18(44,45)19(46,47)48/h4-5H2,1-3H3/q-1. The molecule has 0 fully saturated rings. The Bertz CT molecular complexity index is 1240. The van der Waals surface area contributed by atoms with Gasteiger partial charge in [0.15, 0.2) is 0 Å². The van der Waals surface area contributed by atoms with E-state index in [1.807, 2.05) is 0 Å². The highest BCUT2D eigenvalue weighted by molar-refractivity contribution is 6.60. The second-order valence-electron chi connectivity index (χ2n) is 9.89. The largest absolute Gasteiger partial charge is 0.527 e. The third-order valence-corrected chi connectivity index (χ3v) is 9.56. The van der Waals surface area contributed by atoms with E-state index in [1.165, 1.54) is 0 Å². The Morgan fingerprint density at radius 2 is 0.462 bits per heavy atom. The van der Waals surface area contributed by atoms with Crippen molar-refractivity contribution in [1.82, 2.24) is 0 Å². The van der Waals surface area contributed by atoms with Crippen molar-refractivity contribution in [1.29, 1.82) is 0 Å². The van der Waals surface area contributed by atoms with E-state index in [0.717, 1.165) is 0 Å². The van der Waals surface area contributed by atoms with Crippen LogP contribution >= 0.6 is 0 Å². The first-order valence-corrected chi connectivity index (χ1v) is 13.7. The SMILES string of the molecule is CO[Si-](CCC(F)(F)C(F)(F)C(F)(F)C(F)(F)C(F)(F)C(F)(F)C(F)(F)C(F)(F)C(F)(F)C(F)(F)C(F)(F)C(F)(F)C(F)(F)C(F)(F)F)(OC)OC. The van der Waals surface area contributed by atoms with Crippen LogP contribution in [0.3, 0.4) is 0 Å². The quantitative estimate of drug-likeness (QED) is 0.102. The number of halogens is 29. The van der Waals surface area contributed by atoms with Crippen LogP contribution in [0.25, 0.3) is 0 Å². The van der Waals surface area contributed by atoms with E-state index in [1.54, 1.807) is 0 Å². The number of hydrogen-bond acceptors (Lipinski definition) is 3. The van der Waals surface area contributed by atoms with Gasteiger partial charge >= 0.3 is 83.2 Å². The van der Waals surface area contributed by atoms with Crippen LogP contribution in [0.1, 0.15) is 6.42 Å². The van der Waals surface area contributed by atoms with Crippen LogP contribution in [0, 0.1) is 0 Å².